The second kappa shape index (κ2) is 11.9. The molecular weight excluding hydrogens is 631 g/mol. The fourth-order valence-corrected chi connectivity index (χ4v) is 8.29. The molecule has 0 atom stereocenters. The van der Waals surface area contributed by atoms with Crippen molar-refractivity contribution in [1.29, 1.82) is 0 Å². The van der Waals surface area contributed by atoms with Crippen molar-refractivity contribution in [3.63, 3.8) is 0 Å². The summed E-state index contributed by atoms with van der Waals surface area (Å²) < 4.78 is 7.14. The van der Waals surface area contributed by atoms with Crippen LogP contribution in [0.5, 0.6) is 0 Å². The predicted molar refractivity (Wildman–Crippen MR) is 221 cm³/mol. The van der Waals surface area contributed by atoms with Gasteiger partial charge in [-0.2, -0.15) is 0 Å². The first-order valence-electron chi connectivity index (χ1n) is 17.8. The summed E-state index contributed by atoms with van der Waals surface area (Å²) in [4.78, 5) is 0. The zero-order valence-corrected chi connectivity index (χ0v) is 28.9. The SMILES string of the molecule is C=C/C=C\c1c(C)n(-c2ccc(-n3c4ccccc4c4ccc(-c5ccc6c(c5)c5ccccc5n6-c5ccccc5)cc43)cc2)c2ccccc12. The molecule has 0 saturated heterocycles. The minimum absolute atomic E-state index is 1.13. The van der Waals surface area contributed by atoms with Crippen LogP contribution < -0.4 is 0 Å². The number of nitrogens with zero attached hydrogens (tertiary/aromatic N) is 3. The quantitative estimate of drug-likeness (QED) is 0.157. The van der Waals surface area contributed by atoms with Gasteiger partial charge in [-0.05, 0) is 90.8 Å². The van der Waals surface area contributed by atoms with Gasteiger partial charge in [0.2, 0.25) is 0 Å². The van der Waals surface area contributed by atoms with Gasteiger partial charge < -0.3 is 13.7 Å². The third kappa shape index (κ3) is 4.53. The predicted octanol–water partition coefficient (Wildman–Crippen LogP) is 13.0. The van der Waals surface area contributed by atoms with Gasteiger partial charge in [0.15, 0.2) is 0 Å². The maximum atomic E-state index is 3.89. The molecule has 3 aromatic heterocycles. The smallest absolute Gasteiger partial charge is 0.0547 e. The number of hydrogen-bond donors (Lipinski definition) is 0. The van der Waals surface area contributed by atoms with E-state index in [2.05, 4.69) is 197 Å². The zero-order valence-electron chi connectivity index (χ0n) is 28.9. The molecule has 0 amide bonds. The van der Waals surface area contributed by atoms with Crippen molar-refractivity contribution in [3.8, 4) is 28.2 Å². The van der Waals surface area contributed by atoms with E-state index in [0.29, 0.717) is 0 Å². The van der Waals surface area contributed by atoms with Crippen LogP contribution in [-0.4, -0.2) is 13.7 Å². The molecule has 0 saturated carbocycles. The summed E-state index contributed by atoms with van der Waals surface area (Å²) in [7, 11) is 0. The Kier molecular flexibility index (Phi) is 6.87. The van der Waals surface area contributed by atoms with Crippen LogP contribution >= 0.6 is 0 Å². The van der Waals surface area contributed by atoms with Gasteiger partial charge in [-0.25, -0.2) is 0 Å². The van der Waals surface area contributed by atoms with Crippen molar-refractivity contribution in [1.82, 2.24) is 13.7 Å². The molecule has 0 aliphatic carbocycles. The number of rotatable bonds is 6. The molecule has 3 heteroatoms. The van der Waals surface area contributed by atoms with E-state index in [-0.39, 0.29) is 0 Å². The molecule has 0 N–H and O–H groups in total. The number of benzene rings is 7. The summed E-state index contributed by atoms with van der Waals surface area (Å²) in [5.41, 5.74) is 14.3. The normalized spacial score (nSPS) is 11.9. The first-order valence-corrected chi connectivity index (χ1v) is 17.8. The van der Waals surface area contributed by atoms with Crippen molar-refractivity contribution >= 4 is 60.6 Å². The van der Waals surface area contributed by atoms with Crippen LogP contribution in [0.25, 0.3) is 88.8 Å². The molecule has 7 aromatic carbocycles. The lowest BCUT2D eigenvalue weighted by atomic mass is 10.0. The van der Waals surface area contributed by atoms with Crippen LogP contribution in [0.3, 0.4) is 0 Å². The number of aromatic nitrogens is 3. The van der Waals surface area contributed by atoms with Gasteiger partial charge in [-0.3, -0.25) is 0 Å². The van der Waals surface area contributed by atoms with Crippen molar-refractivity contribution in [2.75, 3.05) is 0 Å². The molecule has 246 valence electrons. The maximum absolute atomic E-state index is 3.89. The number of para-hydroxylation sites is 4. The highest BCUT2D eigenvalue weighted by atomic mass is 15.0. The highest BCUT2D eigenvalue weighted by Crippen LogP contribution is 2.38. The molecule has 10 aromatic rings. The Morgan fingerprint density at radius 2 is 0.885 bits per heavy atom. The number of allylic oxidation sites excluding steroid dienone is 2. The largest absolute Gasteiger partial charge is 0.313 e. The van der Waals surface area contributed by atoms with Crippen LogP contribution in [0.1, 0.15) is 11.3 Å². The van der Waals surface area contributed by atoms with Gasteiger partial charge in [-0.15, -0.1) is 0 Å². The van der Waals surface area contributed by atoms with Gasteiger partial charge in [-0.1, -0.05) is 116 Å². The monoisotopic (exact) mass is 665 g/mol. The number of fused-ring (bicyclic) bond motifs is 7. The molecule has 3 nitrogen and oxygen atoms in total. The molecule has 52 heavy (non-hydrogen) atoms. The summed E-state index contributed by atoms with van der Waals surface area (Å²) in [6.45, 7) is 6.08. The lowest BCUT2D eigenvalue weighted by Gasteiger charge is -2.13. The van der Waals surface area contributed by atoms with Crippen LogP contribution in [0.4, 0.5) is 0 Å². The van der Waals surface area contributed by atoms with Gasteiger partial charge in [0.1, 0.15) is 0 Å². The first kappa shape index (κ1) is 30.0. The van der Waals surface area contributed by atoms with Crippen molar-refractivity contribution in [3.05, 3.63) is 194 Å². The van der Waals surface area contributed by atoms with Crippen molar-refractivity contribution < 1.29 is 0 Å². The average Bonchev–Trinajstić information content (AvgIpc) is 3.81. The van der Waals surface area contributed by atoms with Crippen LogP contribution in [-0.2, 0) is 0 Å². The van der Waals surface area contributed by atoms with E-state index in [4.69, 9.17) is 0 Å². The summed E-state index contributed by atoms with van der Waals surface area (Å²) >= 11 is 0. The second-order valence-electron chi connectivity index (χ2n) is 13.5. The minimum Gasteiger partial charge on any atom is -0.313 e. The molecule has 0 aliphatic rings. The van der Waals surface area contributed by atoms with Gasteiger partial charge in [0, 0.05) is 55.3 Å². The highest BCUT2D eigenvalue weighted by Gasteiger charge is 2.17. The van der Waals surface area contributed by atoms with Gasteiger partial charge in [0.05, 0.1) is 27.6 Å². The second-order valence-corrected chi connectivity index (χ2v) is 13.5. The standard InChI is InChI=1S/C49H35N3/c1-3-4-16-39-33(2)50(45-20-11-8-17-40(39)45)37-25-27-38(28-26-37)52-46-21-12-9-18-41(46)43-29-23-35(32-49(43)52)34-24-30-48-44(31-34)42-19-10-13-22-47(42)51(48)36-14-6-5-7-15-36/h3-32H,1H2,2H3/b16-4-. The molecule has 0 radical (unpaired) electrons. The van der Waals surface area contributed by atoms with E-state index >= 15 is 0 Å². The average molecular weight is 666 g/mol. The molecule has 0 fully saturated rings. The topological polar surface area (TPSA) is 14.8 Å². The van der Waals surface area contributed by atoms with E-state index in [1.165, 1.54) is 82.6 Å². The third-order valence-corrected chi connectivity index (χ3v) is 10.6. The van der Waals surface area contributed by atoms with Crippen molar-refractivity contribution in [2.45, 2.75) is 6.92 Å². The third-order valence-electron chi connectivity index (χ3n) is 10.6. The Balaban J connectivity index is 1.12. The maximum Gasteiger partial charge on any atom is 0.0547 e. The summed E-state index contributed by atoms with van der Waals surface area (Å²) in [5.74, 6) is 0. The molecule has 10 rings (SSSR count). The molecular formula is C49H35N3. The number of hydrogen-bond acceptors (Lipinski definition) is 0. The fraction of sp³-hybridized carbons (Fsp3) is 0.0204. The van der Waals surface area contributed by atoms with E-state index in [1.54, 1.807) is 0 Å². The highest BCUT2D eigenvalue weighted by molar-refractivity contribution is 6.12. The molecule has 0 unspecified atom stereocenters. The summed E-state index contributed by atoms with van der Waals surface area (Å²) in [5, 5.41) is 6.24. The lowest BCUT2D eigenvalue weighted by molar-refractivity contribution is 1.05. The Morgan fingerprint density at radius 1 is 0.404 bits per heavy atom. The van der Waals surface area contributed by atoms with Gasteiger partial charge in [0.25, 0.3) is 0 Å². The van der Waals surface area contributed by atoms with E-state index in [1.807, 2.05) is 12.2 Å². The molecule has 3 heterocycles. The molecule has 0 bridgehead atoms. The van der Waals surface area contributed by atoms with E-state index < -0.39 is 0 Å². The Labute approximate surface area is 302 Å². The molecule has 0 aliphatic heterocycles. The van der Waals surface area contributed by atoms with Crippen molar-refractivity contribution in [2.24, 2.45) is 0 Å². The Morgan fingerprint density at radius 3 is 1.58 bits per heavy atom. The summed E-state index contributed by atoms with van der Waals surface area (Å²) in [6.07, 6.45) is 6.00. The van der Waals surface area contributed by atoms with Crippen LogP contribution in [0, 0.1) is 6.92 Å². The van der Waals surface area contributed by atoms with Crippen LogP contribution in [0.2, 0.25) is 0 Å². The minimum atomic E-state index is 1.13. The van der Waals surface area contributed by atoms with Gasteiger partial charge >= 0.3 is 0 Å². The fourth-order valence-electron chi connectivity index (χ4n) is 8.29. The Hall–Kier alpha value is -6.84. The first-order chi connectivity index (χ1) is 25.7. The van der Waals surface area contributed by atoms with Crippen LogP contribution in [0.15, 0.2) is 183 Å². The summed E-state index contributed by atoms with van der Waals surface area (Å²) in [6, 6.07) is 59.6. The Bertz CT molecular complexity index is 3020. The molecule has 0 spiro atoms. The lowest BCUT2D eigenvalue weighted by Crippen LogP contribution is -1.99. The van der Waals surface area contributed by atoms with E-state index in [9.17, 15) is 0 Å². The van der Waals surface area contributed by atoms with E-state index in [0.717, 1.165) is 11.4 Å². The zero-order chi connectivity index (χ0) is 34.8.